The fourth-order valence-corrected chi connectivity index (χ4v) is 3.57. The predicted octanol–water partition coefficient (Wildman–Crippen LogP) is 2.63. The topological polar surface area (TPSA) is 89.8 Å². The number of hydrogen-bond acceptors (Lipinski definition) is 6. The second-order valence-electron chi connectivity index (χ2n) is 5.82. The number of hydrogen-bond donors (Lipinski definition) is 0. The van der Waals surface area contributed by atoms with E-state index >= 15 is 0 Å². The van der Waals surface area contributed by atoms with Crippen LogP contribution in [0.25, 0.3) is 0 Å². The number of carbonyl (C=O) groups is 2. The molecule has 1 saturated heterocycles. The van der Waals surface area contributed by atoms with Crippen molar-refractivity contribution in [2.45, 2.75) is 25.5 Å². The minimum absolute atomic E-state index is 0.0641. The van der Waals surface area contributed by atoms with E-state index in [9.17, 15) is 19.7 Å². The van der Waals surface area contributed by atoms with Crippen molar-refractivity contribution in [3.63, 3.8) is 0 Å². The van der Waals surface area contributed by atoms with Gasteiger partial charge in [0.25, 0.3) is 5.69 Å². The zero-order valence-electron chi connectivity index (χ0n) is 14.2. The van der Waals surface area contributed by atoms with Crippen LogP contribution >= 0.6 is 11.8 Å². The third kappa shape index (κ3) is 5.74. The van der Waals surface area contributed by atoms with E-state index < -0.39 is 4.92 Å². The van der Waals surface area contributed by atoms with Crippen molar-refractivity contribution in [1.29, 1.82) is 0 Å². The molecule has 0 aromatic heterocycles. The summed E-state index contributed by atoms with van der Waals surface area (Å²) >= 11 is 1.48. The lowest BCUT2D eigenvalue weighted by atomic mass is 9.97. The Balaban J connectivity index is 1.70. The smallest absolute Gasteiger partial charge is 0.309 e. The molecule has 0 bridgehead atoms. The Kier molecular flexibility index (Phi) is 7.24. The van der Waals surface area contributed by atoms with Gasteiger partial charge in [0.1, 0.15) is 0 Å². The first-order valence-corrected chi connectivity index (χ1v) is 9.42. The van der Waals surface area contributed by atoms with Crippen LogP contribution in [0.4, 0.5) is 5.69 Å². The molecule has 0 N–H and O–H groups in total. The summed E-state index contributed by atoms with van der Waals surface area (Å²) in [6.07, 6.45) is 1.30. The normalized spacial score (nSPS) is 15.0. The van der Waals surface area contributed by atoms with Crippen molar-refractivity contribution in [3.8, 4) is 0 Å². The number of carbonyl (C=O) groups excluding carboxylic acids is 2. The molecule has 8 heteroatoms. The van der Waals surface area contributed by atoms with Crippen LogP contribution in [-0.4, -0.2) is 47.1 Å². The number of rotatable bonds is 7. The minimum Gasteiger partial charge on any atom is -0.466 e. The van der Waals surface area contributed by atoms with Crippen molar-refractivity contribution >= 4 is 29.3 Å². The lowest BCUT2D eigenvalue weighted by Crippen LogP contribution is -2.41. The number of benzene rings is 1. The molecule has 0 atom stereocenters. The van der Waals surface area contributed by atoms with Crippen molar-refractivity contribution in [3.05, 3.63) is 39.9 Å². The molecule has 0 unspecified atom stereocenters. The molecule has 1 aromatic carbocycles. The molecule has 1 fully saturated rings. The van der Waals surface area contributed by atoms with Gasteiger partial charge in [-0.25, -0.2) is 0 Å². The first-order valence-electron chi connectivity index (χ1n) is 8.26. The number of likely N-dealkylation sites (tertiary alicyclic amines) is 1. The van der Waals surface area contributed by atoms with E-state index in [1.165, 1.54) is 23.9 Å². The van der Waals surface area contributed by atoms with Gasteiger partial charge in [-0.15, -0.1) is 11.8 Å². The molecular formula is C17H22N2O5S. The molecule has 0 saturated carbocycles. The summed E-state index contributed by atoms with van der Waals surface area (Å²) in [7, 11) is 0. The molecule has 1 heterocycles. The Hall–Kier alpha value is -2.09. The molecule has 1 aliphatic heterocycles. The summed E-state index contributed by atoms with van der Waals surface area (Å²) in [5, 5.41) is 10.6. The second kappa shape index (κ2) is 9.41. The quantitative estimate of drug-likeness (QED) is 0.419. The van der Waals surface area contributed by atoms with Crippen LogP contribution in [0.2, 0.25) is 0 Å². The maximum absolute atomic E-state index is 12.2. The average molecular weight is 366 g/mol. The molecule has 136 valence electrons. The van der Waals surface area contributed by atoms with Gasteiger partial charge in [0.05, 0.1) is 23.2 Å². The van der Waals surface area contributed by atoms with Gasteiger partial charge in [0.2, 0.25) is 5.91 Å². The molecule has 7 nitrogen and oxygen atoms in total. The summed E-state index contributed by atoms with van der Waals surface area (Å²) in [5.74, 6) is 0.789. The van der Waals surface area contributed by atoms with E-state index in [2.05, 4.69) is 0 Å². The molecule has 0 spiro atoms. The summed E-state index contributed by atoms with van der Waals surface area (Å²) in [5.41, 5.74) is 1.01. The number of ether oxygens (including phenoxy) is 1. The van der Waals surface area contributed by atoms with Crippen LogP contribution in [0.15, 0.2) is 24.3 Å². The zero-order valence-corrected chi connectivity index (χ0v) is 15.0. The number of thioether (sulfide) groups is 1. The van der Waals surface area contributed by atoms with Crippen molar-refractivity contribution in [2.24, 2.45) is 5.92 Å². The fourth-order valence-electron chi connectivity index (χ4n) is 2.69. The van der Waals surface area contributed by atoms with Crippen LogP contribution in [-0.2, 0) is 20.1 Å². The molecule has 1 aliphatic rings. The van der Waals surface area contributed by atoms with Crippen LogP contribution in [0, 0.1) is 16.0 Å². The molecule has 0 radical (unpaired) electrons. The number of esters is 1. The number of non-ortho nitro benzene ring substituents is 1. The van der Waals surface area contributed by atoms with Gasteiger partial charge in [-0.2, -0.15) is 0 Å². The number of nitrogens with zero attached hydrogens (tertiary/aromatic N) is 2. The van der Waals surface area contributed by atoms with E-state index in [0.717, 1.165) is 5.56 Å². The Morgan fingerprint density at radius 3 is 2.48 bits per heavy atom. The highest BCUT2D eigenvalue weighted by Crippen LogP contribution is 2.21. The van der Waals surface area contributed by atoms with Crippen LogP contribution in [0.5, 0.6) is 0 Å². The molecule has 2 rings (SSSR count). The Morgan fingerprint density at radius 2 is 1.92 bits per heavy atom. The highest BCUT2D eigenvalue weighted by Gasteiger charge is 2.27. The number of amides is 1. The predicted molar refractivity (Wildman–Crippen MR) is 95.2 cm³/mol. The highest BCUT2D eigenvalue weighted by molar-refractivity contribution is 7.99. The third-order valence-corrected chi connectivity index (χ3v) is 5.10. The minimum atomic E-state index is -0.430. The maximum atomic E-state index is 12.2. The van der Waals surface area contributed by atoms with E-state index in [-0.39, 0.29) is 23.5 Å². The lowest BCUT2D eigenvalue weighted by Gasteiger charge is -2.30. The van der Waals surface area contributed by atoms with E-state index in [1.807, 2.05) is 0 Å². The first-order chi connectivity index (χ1) is 12.0. The van der Waals surface area contributed by atoms with Crippen molar-refractivity contribution < 1.29 is 19.2 Å². The number of piperidine rings is 1. The van der Waals surface area contributed by atoms with Gasteiger partial charge in [0.15, 0.2) is 0 Å². The monoisotopic (exact) mass is 366 g/mol. The molecule has 25 heavy (non-hydrogen) atoms. The number of nitro benzene ring substituents is 1. The standard InChI is InChI=1S/C17H22N2O5S/c1-2-24-17(21)14-7-9-18(10-8-14)16(20)12-25-11-13-3-5-15(6-4-13)19(22)23/h3-6,14H,2,7-12H2,1H3. The van der Waals surface area contributed by atoms with Gasteiger partial charge in [0, 0.05) is 31.0 Å². The fraction of sp³-hybridized carbons (Fsp3) is 0.529. The Morgan fingerprint density at radius 1 is 1.28 bits per heavy atom. The van der Waals surface area contributed by atoms with Crippen LogP contribution in [0.3, 0.4) is 0 Å². The van der Waals surface area contributed by atoms with Crippen molar-refractivity contribution in [1.82, 2.24) is 4.90 Å². The van der Waals surface area contributed by atoms with Gasteiger partial charge in [-0.1, -0.05) is 12.1 Å². The Labute approximate surface area is 150 Å². The summed E-state index contributed by atoms with van der Waals surface area (Å²) in [6.45, 7) is 3.34. The van der Waals surface area contributed by atoms with Gasteiger partial charge < -0.3 is 9.64 Å². The average Bonchev–Trinajstić information content (AvgIpc) is 2.62. The first kappa shape index (κ1) is 19.2. The molecule has 0 aliphatic carbocycles. The van der Waals surface area contributed by atoms with E-state index in [1.54, 1.807) is 24.0 Å². The third-order valence-electron chi connectivity index (χ3n) is 4.11. The van der Waals surface area contributed by atoms with E-state index in [0.29, 0.717) is 44.0 Å². The zero-order chi connectivity index (χ0) is 18.2. The van der Waals surface area contributed by atoms with Crippen LogP contribution in [0.1, 0.15) is 25.3 Å². The molecule has 1 amide bonds. The summed E-state index contributed by atoms with van der Waals surface area (Å²) in [6, 6.07) is 6.36. The SMILES string of the molecule is CCOC(=O)C1CCN(C(=O)CSCc2ccc([N+](=O)[O-])cc2)CC1. The lowest BCUT2D eigenvalue weighted by molar-refractivity contribution is -0.384. The van der Waals surface area contributed by atoms with Gasteiger partial charge >= 0.3 is 5.97 Å². The van der Waals surface area contributed by atoms with Crippen LogP contribution < -0.4 is 0 Å². The highest BCUT2D eigenvalue weighted by atomic mass is 32.2. The van der Waals surface area contributed by atoms with Gasteiger partial charge in [-0.05, 0) is 25.3 Å². The summed E-state index contributed by atoms with van der Waals surface area (Å²) in [4.78, 5) is 35.9. The Bertz CT molecular complexity index is 612. The molecule has 1 aromatic rings. The maximum Gasteiger partial charge on any atom is 0.309 e. The summed E-state index contributed by atoms with van der Waals surface area (Å²) < 4.78 is 5.03. The van der Waals surface area contributed by atoms with Crippen molar-refractivity contribution in [2.75, 3.05) is 25.4 Å². The van der Waals surface area contributed by atoms with Gasteiger partial charge in [-0.3, -0.25) is 19.7 Å². The largest absolute Gasteiger partial charge is 0.466 e. The second-order valence-corrected chi connectivity index (χ2v) is 6.81. The molecular weight excluding hydrogens is 344 g/mol. The number of nitro groups is 1. The van der Waals surface area contributed by atoms with E-state index in [4.69, 9.17) is 4.74 Å².